The summed E-state index contributed by atoms with van der Waals surface area (Å²) in [6.07, 6.45) is 4.71. The highest BCUT2D eigenvalue weighted by molar-refractivity contribution is 7.11. The summed E-state index contributed by atoms with van der Waals surface area (Å²) >= 11 is 1.94. The van der Waals surface area contributed by atoms with Crippen molar-refractivity contribution in [3.05, 3.63) is 15.6 Å². The van der Waals surface area contributed by atoms with Gasteiger partial charge in [-0.1, -0.05) is 27.7 Å². The van der Waals surface area contributed by atoms with E-state index in [0.717, 1.165) is 19.4 Å². The van der Waals surface area contributed by atoms with Crippen LogP contribution in [0.4, 0.5) is 0 Å². The molecular weight excluding hydrogens is 228 g/mol. The van der Waals surface area contributed by atoms with Crippen LogP contribution in [0.3, 0.4) is 0 Å². The van der Waals surface area contributed by atoms with Crippen molar-refractivity contribution in [2.24, 2.45) is 5.41 Å². The van der Waals surface area contributed by atoms with Gasteiger partial charge in [0.2, 0.25) is 0 Å². The molecule has 1 atom stereocenters. The van der Waals surface area contributed by atoms with Gasteiger partial charge in [0.15, 0.2) is 0 Å². The summed E-state index contributed by atoms with van der Waals surface area (Å²) in [5.41, 5.74) is 1.75. The summed E-state index contributed by atoms with van der Waals surface area (Å²) < 4.78 is 0. The first-order valence-electron chi connectivity index (χ1n) is 6.77. The van der Waals surface area contributed by atoms with Crippen LogP contribution in [0, 0.1) is 5.41 Å². The van der Waals surface area contributed by atoms with Gasteiger partial charge in [-0.2, -0.15) is 0 Å². The quantitative estimate of drug-likeness (QED) is 0.883. The summed E-state index contributed by atoms with van der Waals surface area (Å²) in [5, 5.41) is 4.95. The van der Waals surface area contributed by atoms with Crippen LogP contribution in [-0.4, -0.2) is 11.5 Å². The van der Waals surface area contributed by atoms with Crippen LogP contribution in [0.1, 0.15) is 62.2 Å². The van der Waals surface area contributed by atoms with Crippen LogP contribution in [-0.2, 0) is 12.8 Å². The minimum absolute atomic E-state index is 0.386. The van der Waals surface area contributed by atoms with E-state index in [1.807, 2.05) is 11.3 Å². The number of aryl methyl sites for hydroxylation is 1. The monoisotopic (exact) mass is 252 g/mol. The molecule has 2 rings (SSSR count). The zero-order chi connectivity index (χ0) is 12.5. The Bertz CT molecular complexity index is 382. The molecule has 0 bridgehead atoms. The average Bonchev–Trinajstić information content (AvgIpc) is 2.59. The Morgan fingerprint density at radius 1 is 1.41 bits per heavy atom. The van der Waals surface area contributed by atoms with Gasteiger partial charge in [0.1, 0.15) is 0 Å². The van der Waals surface area contributed by atoms with E-state index in [1.165, 1.54) is 28.4 Å². The Kier molecular flexibility index (Phi) is 3.88. The van der Waals surface area contributed by atoms with E-state index in [0.29, 0.717) is 11.5 Å². The predicted octanol–water partition coefficient (Wildman–Crippen LogP) is 3.72. The lowest BCUT2D eigenvalue weighted by atomic mass is 9.76. The minimum Gasteiger partial charge on any atom is -0.309 e. The lowest BCUT2D eigenvalue weighted by Crippen LogP contribution is -2.32. The number of thiazole rings is 1. The fourth-order valence-corrected chi connectivity index (χ4v) is 3.98. The van der Waals surface area contributed by atoms with Crippen LogP contribution < -0.4 is 5.32 Å². The molecule has 2 nitrogen and oxygen atoms in total. The third-order valence-corrected chi connectivity index (χ3v) is 4.68. The van der Waals surface area contributed by atoms with Gasteiger partial charge in [0, 0.05) is 10.9 Å². The summed E-state index contributed by atoms with van der Waals surface area (Å²) in [7, 11) is 0. The smallest absolute Gasteiger partial charge is 0.0931 e. The molecule has 3 heteroatoms. The fourth-order valence-electron chi connectivity index (χ4n) is 2.72. The van der Waals surface area contributed by atoms with Crippen molar-refractivity contribution in [1.82, 2.24) is 10.3 Å². The van der Waals surface area contributed by atoms with Gasteiger partial charge in [-0.15, -0.1) is 11.3 Å². The molecule has 0 aromatic carbocycles. The number of fused-ring (bicyclic) bond motifs is 1. The number of rotatable bonds is 4. The molecule has 0 aliphatic heterocycles. The molecule has 0 spiro atoms. The van der Waals surface area contributed by atoms with E-state index in [-0.39, 0.29) is 0 Å². The first-order chi connectivity index (χ1) is 8.05. The number of hydrogen-bond acceptors (Lipinski definition) is 3. The molecule has 1 aromatic rings. The lowest BCUT2D eigenvalue weighted by molar-refractivity contribution is 0.260. The maximum absolute atomic E-state index is 4.85. The van der Waals surface area contributed by atoms with E-state index in [4.69, 9.17) is 4.98 Å². The van der Waals surface area contributed by atoms with E-state index in [1.54, 1.807) is 0 Å². The van der Waals surface area contributed by atoms with E-state index in [9.17, 15) is 0 Å². The van der Waals surface area contributed by atoms with Crippen LogP contribution in [0.15, 0.2) is 0 Å². The highest BCUT2D eigenvalue weighted by Gasteiger charge is 2.34. The van der Waals surface area contributed by atoms with Crippen LogP contribution in [0.25, 0.3) is 0 Å². The molecule has 0 radical (unpaired) electrons. The molecule has 0 fully saturated rings. The summed E-state index contributed by atoms with van der Waals surface area (Å²) in [6, 6.07) is 0.529. The first kappa shape index (κ1) is 13.0. The fraction of sp³-hybridized carbons (Fsp3) is 0.786. The van der Waals surface area contributed by atoms with Gasteiger partial charge >= 0.3 is 0 Å². The SMILES string of the molecule is CCCc1nc2c(s1)C(NCC)CC(C)(C)C2. The largest absolute Gasteiger partial charge is 0.309 e. The molecule has 0 saturated heterocycles. The van der Waals surface area contributed by atoms with Crippen molar-refractivity contribution in [3.63, 3.8) is 0 Å². The number of aromatic nitrogens is 1. The minimum atomic E-state index is 0.386. The molecule has 0 saturated carbocycles. The van der Waals surface area contributed by atoms with Gasteiger partial charge in [-0.3, -0.25) is 0 Å². The second-order valence-electron chi connectivity index (χ2n) is 5.82. The van der Waals surface area contributed by atoms with Crippen LogP contribution >= 0.6 is 11.3 Å². The van der Waals surface area contributed by atoms with Crippen LogP contribution in [0.2, 0.25) is 0 Å². The third-order valence-electron chi connectivity index (χ3n) is 3.41. The van der Waals surface area contributed by atoms with Crippen molar-refractivity contribution in [1.29, 1.82) is 0 Å². The number of nitrogens with zero attached hydrogens (tertiary/aromatic N) is 1. The first-order valence-corrected chi connectivity index (χ1v) is 7.59. The third kappa shape index (κ3) is 2.89. The Balaban J connectivity index is 2.28. The normalized spacial score (nSPS) is 22.5. The summed E-state index contributed by atoms with van der Waals surface area (Å²) in [4.78, 5) is 6.36. The van der Waals surface area contributed by atoms with Crippen molar-refractivity contribution < 1.29 is 0 Å². The molecule has 1 aromatic heterocycles. The van der Waals surface area contributed by atoms with Crippen molar-refractivity contribution in [2.45, 2.75) is 59.4 Å². The molecule has 1 unspecified atom stereocenters. The molecule has 1 heterocycles. The maximum atomic E-state index is 4.85. The van der Waals surface area contributed by atoms with Crippen molar-refractivity contribution >= 4 is 11.3 Å². The Hall–Kier alpha value is -0.410. The molecule has 17 heavy (non-hydrogen) atoms. The Morgan fingerprint density at radius 3 is 2.82 bits per heavy atom. The van der Waals surface area contributed by atoms with E-state index in [2.05, 4.69) is 33.0 Å². The second-order valence-corrected chi connectivity index (χ2v) is 6.94. The van der Waals surface area contributed by atoms with Gasteiger partial charge in [0.05, 0.1) is 10.7 Å². The average molecular weight is 252 g/mol. The highest BCUT2D eigenvalue weighted by Crippen LogP contribution is 2.43. The molecule has 96 valence electrons. The Morgan fingerprint density at radius 2 is 2.18 bits per heavy atom. The summed E-state index contributed by atoms with van der Waals surface area (Å²) in [6.45, 7) is 10.2. The number of hydrogen-bond donors (Lipinski definition) is 1. The highest BCUT2D eigenvalue weighted by atomic mass is 32.1. The van der Waals surface area contributed by atoms with Crippen LogP contribution in [0.5, 0.6) is 0 Å². The van der Waals surface area contributed by atoms with Gasteiger partial charge < -0.3 is 5.32 Å². The maximum Gasteiger partial charge on any atom is 0.0931 e. The molecule has 0 amide bonds. The predicted molar refractivity (Wildman–Crippen MR) is 74.6 cm³/mol. The topological polar surface area (TPSA) is 24.9 Å². The lowest BCUT2D eigenvalue weighted by Gasteiger charge is -2.34. The van der Waals surface area contributed by atoms with Gasteiger partial charge in [0.25, 0.3) is 0 Å². The van der Waals surface area contributed by atoms with Crippen molar-refractivity contribution in [2.75, 3.05) is 6.54 Å². The molecule has 1 aliphatic rings. The van der Waals surface area contributed by atoms with Gasteiger partial charge in [-0.25, -0.2) is 4.98 Å². The zero-order valence-electron chi connectivity index (χ0n) is 11.5. The van der Waals surface area contributed by atoms with Gasteiger partial charge in [-0.05, 0) is 37.6 Å². The van der Waals surface area contributed by atoms with E-state index >= 15 is 0 Å². The summed E-state index contributed by atoms with van der Waals surface area (Å²) in [5.74, 6) is 0. The molecule has 1 N–H and O–H groups in total. The zero-order valence-corrected chi connectivity index (χ0v) is 12.3. The molecule has 1 aliphatic carbocycles. The van der Waals surface area contributed by atoms with E-state index < -0.39 is 0 Å². The second kappa shape index (κ2) is 5.07. The molecular formula is C14H24N2S. The Labute approximate surface area is 109 Å². The number of nitrogens with one attached hydrogen (secondary N) is 1. The standard InChI is InChI=1S/C14H24N2S/c1-5-7-12-16-11-9-14(3,4)8-10(15-6-2)13(11)17-12/h10,15H,5-9H2,1-4H3. The van der Waals surface area contributed by atoms with Crippen molar-refractivity contribution in [3.8, 4) is 0 Å².